The minimum Gasteiger partial charge on any atom is -0.349 e. The smallest absolute Gasteiger partial charge is 0.262 e. The minimum atomic E-state index is -2.85. The lowest BCUT2D eigenvalue weighted by molar-refractivity contribution is -0.124. The quantitative estimate of drug-likeness (QED) is 0.598. The van der Waals surface area contributed by atoms with E-state index in [0.29, 0.717) is 22.3 Å². The van der Waals surface area contributed by atoms with Crippen molar-refractivity contribution in [1.29, 1.82) is 0 Å². The Labute approximate surface area is 173 Å². The van der Waals surface area contributed by atoms with Gasteiger partial charge >= 0.3 is 0 Å². The third-order valence-corrected chi connectivity index (χ3v) is 6.37. The number of hydrogen-bond donors (Lipinski definition) is 1. The van der Waals surface area contributed by atoms with Gasteiger partial charge < -0.3 is 9.88 Å². The molecule has 2 heterocycles. The van der Waals surface area contributed by atoms with Crippen LogP contribution in [0.4, 0.5) is 8.78 Å². The van der Waals surface area contributed by atoms with E-state index in [2.05, 4.69) is 15.5 Å². The zero-order chi connectivity index (χ0) is 20.6. The molecule has 0 atom stereocenters. The molecular weight excluding hydrogens is 394 g/mol. The molecule has 4 rings (SSSR count). The second-order valence-electron chi connectivity index (χ2n) is 7.89. The van der Waals surface area contributed by atoms with Gasteiger partial charge in [-0.1, -0.05) is 36.3 Å². The highest BCUT2D eigenvalue weighted by atomic mass is 32.1. The van der Waals surface area contributed by atoms with Crippen LogP contribution in [-0.4, -0.2) is 26.6 Å². The zero-order valence-electron chi connectivity index (χ0n) is 16.5. The van der Waals surface area contributed by atoms with Gasteiger partial charge in [0.1, 0.15) is 5.01 Å². The van der Waals surface area contributed by atoms with E-state index in [1.165, 1.54) is 11.3 Å². The fourth-order valence-electron chi connectivity index (χ4n) is 3.98. The van der Waals surface area contributed by atoms with Crippen LogP contribution in [0.25, 0.3) is 21.6 Å². The molecular formula is C21H26F2N4OS. The van der Waals surface area contributed by atoms with Gasteiger partial charge in [-0.3, -0.25) is 4.79 Å². The van der Waals surface area contributed by atoms with Gasteiger partial charge in [0.2, 0.25) is 5.91 Å². The van der Waals surface area contributed by atoms with Gasteiger partial charge in [0, 0.05) is 25.2 Å². The molecule has 156 valence electrons. The van der Waals surface area contributed by atoms with Crippen molar-refractivity contribution in [3.8, 4) is 10.7 Å². The van der Waals surface area contributed by atoms with E-state index in [0.717, 1.165) is 49.1 Å². The molecule has 5 nitrogen and oxygen atoms in total. The molecule has 1 fully saturated rings. The number of aromatic nitrogens is 3. The molecule has 2 aromatic heterocycles. The molecule has 3 aromatic rings. The first-order valence-corrected chi connectivity index (χ1v) is 10.7. The number of fused-ring (bicyclic) bond motifs is 1. The molecule has 0 bridgehead atoms. The summed E-state index contributed by atoms with van der Waals surface area (Å²) in [5, 5.41) is 13.5. The molecule has 0 spiro atoms. The topological polar surface area (TPSA) is 59.8 Å². The van der Waals surface area contributed by atoms with Crippen molar-refractivity contribution >= 4 is 28.1 Å². The van der Waals surface area contributed by atoms with Crippen molar-refractivity contribution in [3.63, 3.8) is 0 Å². The van der Waals surface area contributed by atoms with Crippen LogP contribution in [0.15, 0.2) is 24.3 Å². The normalized spacial score (nSPS) is 15.3. The molecule has 29 heavy (non-hydrogen) atoms. The predicted molar refractivity (Wildman–Crippen MR) is 112 cm³/mol. The van der Waals surface area contributed by atoms with Gasteiger partial charge in [0.25, 0.3) is 5.92 Å². The van der Waals surface area contributed by atoms with Crippen molar-refractivity contribution in [2.45, 2.75) is 58.5 Å². The SMILES string of the molecule is Cc1cccc2c1cc(-c1nnc(CNC(=O)C3CCCC3)s1)n2CC(C)(F)F.[HH]. The largest absolute Gasteiger partial charge is 0.349 e. The first-order chi connectivity index (χ1) is 13.8. The number of carbonyl (C=O) groups excluding carboxylic acids is 1. The lowest BCUT2D eigenvalue weighted by atomic mass is 10.1. The van der Waals surface area contributed by atoms with E-state index < -0.39 is 12.5 Å². The molecule has 0 saturated heterocycles. The fourth-order valence-corrected chi connectivity index (χ4v) is 4.79. The van der Waals surface area contributed by atoms with Crippen LogP contribution in [0.1, 0.15) is 44.6 Å². The van der Waals surface area contributed by atoms with E-state index in [-0.39, 0.29) is 13.3 Å². The Kier molecular flexibility index (Phi) is 5.38. The number of amides is 1. The van der Waals surface area contributed by atoms with Crippen molar-refractivity contribution in [2.24, 2.45) is 5.92 Å². The summed E-state index contributed by atoms with van der Waals surface area (Å²) >= 11 is 1.33. The number of halogens is 2. The van der Waals surface area contributed by atoms with E-state index >= 15 is 0 Å². The lowest BCUT2D eigenvalue weighted by Gasteiger charge is -2.15. The minimum absolute atomic E-state index is 0. The van der Waals surface area contributed by atoms with Crippen molar-refractivity contribution < 1.29 is 15.0 Å². The number of alkyl halides is 2. The molecule has 1 aromatic carbocycles. The maximum Gasteiger partial charge on any atom is 0.262 e. The summed E-state index contributed by atoms with van der Waals surface area (Å²) in [5.41, 5.74) is 2.41. The summed E-state index contributed by atoms with van der Waals surface area (Å²) in [4.78, 5) is 12.2. The molecule has 1 N–H and O–H groups in total. The van der Waals surface area contributed by atoms with Gasteiger partial charge in [0.15, 0.2) is 5.01 Å². The molecule has 1 aliphatic carbocycles. The first kappa shape index (κ1) is 19.9. The van der Waals surface area contributed by atoms with Gasteiger partial charge in [-0.15, -0.1) is 10.2 Å². The van der Waals surface area contributed by atoms with Crippen LogP contribution in [-0.2, 0) is 17.9 Å². The average Bonchev–Trinajstić information content (AvgIpc) is 3.39. The van der Waals surface area contributed by atoms with Crippen LogP contribution in [0.5, 0.6) is 0 Å². The van der Waals surface area contributed by atoms with Gasteiger partial charge in [-0.05, 0) is 37.5 Å². The van der Waals surface area contributed by atoms with Crippen LogP contribution in [0, 0.1) is 12.8 Å². The van der Waals surface area contributed by atoms with Crippen molar-refractivity contribution in [2.75, 3.05) is 0 Å². The summed E-state index contributed by atoms with van der Waals surface area (Å²) in [6, 6.07) is 7.58. The van der Waals surface area contributed by atoms with Gasteiger partial charge in [-0.2, -0.15) is 0 Å². The summed E-state index contributed by atoms with van der Waals surface area (Å²) < 4.78 is 29.4. The van der Waals surface area contributed by atoms with Crippen LogP contribution < -0.4 is 5.32 Å². The summed E-state index contributed by atoms with van der Waals surface area (Å²) in [6.07, 6.45) is 4.09. The number of benzene rings is 1. The van der Waals surface area contributed by atoms with E-state index in [1.54, 1.807) is 4.57 Å². The maximum atomic E-state index is 13.9. The van der Waals surface area contributed by atoms with E-state index in [1.807, 2.05) is 31.2 Å². The fraction of sp³-hybridized carbons (Fsp3) is 0.476. The highest BCUT2D eigenvalue weighted by molar-refractivity contribution is 7.14. The first-order valence-electron chi connectivity index (χ1n) is 9.89. The number of rotatable bonds is 6. The molecule has 0 unspecified atom stereocenters. The zero-order valence-corrected chi connectivity index (χ0v) is 17.4. The number of carbonyl (C=O) groups is 1. The molecule has 0 radical (unpaired) electrons. The Hall–Kier alpha value is -2.35. The predicted octanol–water partition coefficient (Wildman–Crippen LogP) is 5.18. The highest BCUT2D eigenvalue weighted by Crippen LogP contribution is 2.34. The number of aryl methyl sites for hydroxylation is 1. The highest BCUT2D eigenvalue weighted by Gasteiger charge is 2.26. The van der Waals surface area contributed by atoms with Crippen molar-refractivity contribution in [3.05, 3.63) is 34.8 Å². The second-order valence-corrected chi connectivity index (χ2v) is 8.96. The Morgan fingerprint density at radius 2 is 2.10 bits per heavy atom. The Balaban J connectivity index is 0.00000256. The Morgan fingerprint density at radius 1 is 1.34 bits per heavy atom. The third kappa shape index (κ3) is 4.32. The van der Waals surface area contributed by atoms with Crippen LogP contribution in [0.2, 0.25) is 0 Å². The van der Waals surface area contributed by atoms with Crippen molar-refractivity contribution in [1.82, 2.24) is 20.1 Å². The maximum absolute atomic E-state index is 13.9. The average molecular weight is 421 g/mol. The summed E-state index contributed by atoms with van der Waals surface area (Å²) in [5.74, 6) is -2.69. The molecule has 1 amide bonds. The Morgan fingerprint density at radius 3 is 2.83 bits per heavy atom. The third-order valence-electron chi connectivity index (χ3n) is 5.43. The molecule has 1 aliphatic rings. The molecule has 0 aliphatic heterocycles. The summed E-state index contributed by atoms with van der Waals surface area (Å²) in [7, 11) is 0. The van der Waals surface area contributed by atoms with E-state index in [9.17, 15) is 13.6 Å². The van der Waals surface area contributed by atoms with Gasteiger partial charge in [-0.25, -0.2) is 8.78 Å². The Bertz CT molecular complexity index is 1040. The van der Waals surface area contributed by atoms with Crippen LogP contribution in [0.3, 0.4) is 0 Å². The second kappa shape index (κ2) is 7.82. The molecule has 1 saturated carbocycles. The molecule has 8 heteroatoms. The number of nitrogens with one attached hydrogen (secondary N) is 1. The standard InChI is InChI=1S/C21H24F2N4OS.H2/c1-13-6-5-9-16-15(13)10-17(27(16)12-21(2,22)23)20-26-25-18(29-20)11-24-19(28)14-7-3-4-8-14;/h5-6,9-10,14H,3-4,7-8,11-12H2,1-2H3,(H,24,28);1H. The number of nitrogens with zero attached hydrogens (tertiary/aromatic N) is 3. The van der Waals surface area contributed by atoms with Gasteiger partial charge in [0.05, 0.1) is 18.8 Å². The summed E-state index contributed by atoms with van der Waals surface area (Å²) in [6.45, 7) is 2.77. The lowest BCUT2D eigenvalue weighted by Crippen LogP contribution is -2.28. The monoisotopic (exact) mass is 420 g/mol. The van der Waals surface area contributed by atoms with Crippen LogP contribution >= 0.6 is 11.3 Å². The van der Waals surface area contributed by atoms with E-state index in [4.69, 9.17) is 0 Å². The number of hydrogen-bond acceptors (Lipinski definition) is 4.